The SMILES string of the molecule is CCN1c2cc(OC(F)F)ccc2C(C#N)C1c1ccc(NC(=O)OC)cc1. The maximum atomic E-state index is 12.6. The Hall–Kier alpha value is -3.34. The van der Waals surface area contributed by atoms with Crippen LogP contribution in [-0.2, 0) is 4.74 Å². The fourth-order valence-electron chi connectivity index (χ4n) is 3.52. The molecule has 2 unspecified atom stereocenters. The molecule has 0 bridgehead atoms. The highest BCUT2D eigenvalue weighted by atomic mass is 19.3. The van der Waals surface area contributed by atoms with E-state index in [4.69, 9.17) is 0 Å². The van der Waals surface area contributed by atoms with Gasteiger partial charge in [-0.3, -0.25) is 5.32 Å². The molecule has 0 fully saturated rings. The number of likely N-dealkylation sites (N-methyl/N-ethyl adjacent to an activating group) is 1. The van der Waals surface area contributed by atoms with Crippen molar-refractivity contribution >= 4 is 17.5 Å². The van der Waals surface area contributed by atoms with Gasteiger partial charge in [-0.05, 0) is 36.2 Å². The largest absolute Gasteiger partial charge is 0.453 e. The summed E-state index contributed by atoms with van der Waals surface area (Å²) < 4.78 is 34.2. The van der Waals surface area contributed by atoms with E-state index in [1.54, 1.807) is 24.3 Å². The van der Waals surface area contributed by atoms with Crippen molar-refractivity contribution in [3.05, 3.63) is 53.6 Å². The van der Waals surface area contributed by atoms with Gasteiger partial charge in [-0.15, -0.1) is 0 Å². The first kappa shape index (κ1) is 19.4. The number of fused-ring (bicyclic) bond motifs is 1. The van der Waals surface area contributed by atoms with Gasteiger partial charge in [0.1, 0.15) is 5.75 Å². The number of halogens is 2. The van der Waals surface area contributed by atoms with Crippen molar-refractivity contribution in [3.8, 4) is 11.8 Å². The van der Waals surface area contributed by atoms with Crippen molar-refractivity contribution in [1.82, 2.24) is 0 Å². The van der Waals surface area contributed by atoms with Crippen molar-refractivity contribution < 1.29 is 23.0 Å². The number of ether oxygens (including phenoxy) is 2. The molecule has 1 heterocycles. The van der Waals surface area contributed by atoms with E-state index < -0.39 is 18.6 Å². The summed E-state index contributed by atoms with van der Waals surface area (Å²) in [6, 6.07) is 13.8. The highest BCUT2D eigenvalue weighted by Gasteiger charge is 2.39. The second-order valence-corrected chi connectivity index (χ2v) is 6.18. The van der Waals surface area contributed by atoms with Gasteiger partial charge >= 0.3 is 12.7 Å². The highest BCUT2D eigenvalue weighted by molar-refractivity contribution is 5.84. The van der Waals surface area contributed by atoms with Gasteiger partial charge < -0.3 is 14.4 Å². The van der Waals surface area contributed by atoms with Crippen LogP contribution in [0, 0.1) is 11.3 Å². The predicted octanol–water partition coefficient (Wildman–Crippen LogP) is 4.65. The molecule has 28 heavy (non-hydrogen) atoms. The van der Waals surface area contributed by atoms with Crippen molar-refractivity contribution in [3.63, 3.8) is 0 Å². The molecular weight excluding hydrogens is 368 g/mol. The van der Waals surface area contributed by atoms with E-state index in [9.17, 15) is 18.8 Å². The van der Waals surface area contributed by atoms with Gasteiger partial charge in [-0.2, -0.15) is 14.0 Å². The Morgan fingerprint density at radius 3 is 2.57 bits per heavy atom. The summed E-state index contributed by atoms with van der Waals surface area (Å²) in [7, 11) is 1.28. The number of nitrogens with zero attached hydrogens (tertiary/aromatic N) is 2. The molecule has 2 aromatic rings. The normalized spacial score (nSPS) is 17.8. The number of carbonyl (C=O) groups excluding carboxylic acids is 1. The topological polar surface area (TPSA) is 74.6 Å². The molecule has 2 atom stereocenters. The summed E-state index contributed by atoms with van der Waals surface area (Å²) in [6.45, 7) is -0.396. The predicted molar refractivity (Wildman–Crippen MR) is 99.7 cm³/mol. The van der Waals surface area contributed by atoms with Gasteiger partial charge in [0, 0.05) is 24.0 Å². The quantitative estimate of drug-likeness (QED) is 0.808. The first-order valence-electron chi connectivity index (χ1n) is 8.68. The van der Waals surface area contributed by atoms with Crippen LogP contribution in [0.15, 0.2) is 42.5 Å². The molecule has 0 radical (unpaired) electrons. The van der Waals surface area contributed by atoms with Gasteiger partial charge in [-0.25, -0.2) is 4.79 Å². The molecule has 3 rings (SSSR count). The zero-order valence-electron chi connectivity index (χ0n) is 15.4. The standard InChI is InChI=1S/C20H19F2N3O3/c1-3-25-17-10-14(28-19(21)22)8-9-15(17)16(11-23)18(25)12-4-6-13(7-5-12)24-20(26)27-2/h4-10,16,18-19H,3H2,1-2H3,(H,24,26). The van der Waals surface area contributed by atoms with Gasteiger partial charge in [0.25, 0.3) is 0 Å². The summed E-state index contributed by atoms with van der Waals surface area (Å²) in [6.07, 6.45) is -0.572. The minimum absolute atomic E-state index is 0.0576. The second kappa shape index (κ2) is 8.13. The Labute approximate surface area is 161 Å². The molecule has 146 valence electrons. The van der Waals surface area contributed by atoms with Crippen LogP contribution in [-0.4, -0.2) is 26.4 Å². The number of amides is 1. The van der Waals surface area contributed by atoms with Crippen molar-refractivity contribution in [2.24, 2.45) is 0 Å². The van der Waals surface area contributed by atoms with Crippen LogP contribution in [0.1, 0.15) is 30.0 Å². The van der Waals surface area contributed by atoms with Crippen LogP contribution < -0.4 is 15.0 Å². The number of carbonyl (C=O) groups is 1. The van der Waals surface area contributed by atoms with Crippen LogP contribution >= 0.6 is 0 Å². The number of methoxy groups -OCH3 is 1. The number of hydrogen-bond acceptors (Lipinski definition) is 5. The lowest BCUT2D eigenvalue weighted by molar-refractivity contribution is -0.0498. The van der Waals surface area contributed by atoms with E-state index in [1.807, 2.05) is 24.0 Å². The average Bonchev–Trinajstić information content (AvgIpc) is 3.00. The van der Waals surface area contributed by atoms with E-state index in [2.05, 4.69) is 20.9 Å². The van der Waals surface area contributed by atoms with E-state index in [0.717, 1.165) is 11.1 Å². The molecule has 0 aromatic heterocycles. The van der Waals surface area contributed by atoms with Crippen molar-refractivity contribution in [2.45, 2.75) is 25.5 Å². The third-order valence-corrected chi connectivity index (χ3v) is 4.69. The van der Waals surface area contributed by atoms with Gasteiger partial charge in [0.15, 0.2) is 0 Å². The maximum Gasteiger partial charge on any atom is 0.411 e. The summed E-state index contributed by atoms with van der Waals surface area (Å²) in [5.74, 6) is -0.405. The molecule has 0 saturated carbocycles. The zero-order valence-corrected chi connectivity index (χ0v) is 15.4. The number of benzene rings is 2. The monoisotopic (exact) mass is 387 g/mol. The smallest absolute Gasteiger partial charge is 0.411 e. The number of nitrogens with one attached hydrogen (secondary N) is 1. The number of nitriles is 1. The van der Waals surface area contributed by atoms with E-state index in [0.29, 0.717) is 17.9 Å². The molecule has 1 N–H and O–H groups in total. The molecule has 6 nitrogen and oxygen atoms in total. The minimum Gasteiger partial charge on any atom is -0.453 e. The Morgan fingerprint density at radius 1 is 1.29 bits per heavy atom. The lowest BCUT2D eigenvalue weighted by Gasteiger charge is -2.28. The van der Waals surface area contributed by atoms with E-state index in [1.165, 1.54) is 13.2 Å². The van der Waals surface area contributed by atoms with Gasteiger partial charge in [0.2, 0.25) is 0 Å². The number of alkyl halides is 2. The molecule has 0 spiro atoms. The fourth-order valence-corrected chi connectivity index (χ4v) is 3.52. The van der Waals surface area contributed by atoms with Crippen LogP contribution in [0.4, 0.5) is 25.0 Å². The van der Waals surface area contributed by atoms with Gasteiger partial charge in [-0.1, -0.05) is 18.2 Å². The Bertz CT molecular complexity index is 897. The molecule has 2 aromatic carbocycles. The number of rotatable bonds is 5. The summed E-state index contributed by atoms with van der Waals surface area (Å²) in [4.78, 5) is 13.3. The highest BCUT2D eigenvalue weighted by Crippen LogP contribution is 2.49. The summed E-state index contributed by atoms with van der Waals surface area (Å²) >= 11 is 0. The first-order valence-corrected chi connectivity index (χ1v) is 8.68. The fraction of sp³-hybridized carbons (Fsp3) is 0.300. The maximum absolute atomic E-state index is 12.6. The molecule has 0 saturated heterocycles. The minimum atomic E-state index is -2.91. The molecule has 1 aliphatic rings. The van der Waals surface area contributed by atoms with Crippen LogP contribution in [0.25, 0.3) is 0 Å². The molecule has 0 aliphatic carbocycles. The number of anilines is 2. The average molecular weight is 387 g/mol. The summed E-state index contributed by atoms with van der Waals surface area (Å²) in [5.41, 5.74) is 2.91. The van der Waals surface area contributed by atoms with Crippen LogP contribution in [0.3, 0.4) is 0 Å². The molecular formula is C20H19F2N3O3. The number of hydrogen-bond donors (Lipinski definition) is 1. The Balaban J connectivity index is 1.94. The molecule has 8 heteroatoms. The first-order chi connectivity index (χ1) is 13.5. The third kappa shape index (κ3) is 3.69. The Kier molecular flexibility index (Phi) is 5.64. The second-order valence-electron chi connectivity index (χ2n) is 6.18. The van der Waals surface area contributed by atoms with E-state index >= 15 is 0 Å². The van der Waals surface area contributed by atoms with Crippen LogP contribution in [0.5, 0.6) is 5.75 Å². The van der Waals surface area contributed by atoms with Gasteiger partial charge in [0.05, 0.1) is 25.1 Å². The lowest BCUT2D eigenvalue weighted by Crippen LogP contribution is -2.26. The van der Waals surface area contributed by atoms with Crippen LogP contribution in [0.2, 0.25) is 0 Å². The zero-order chi connectivity index (χ0) is 20.3. The van der Waals surface area contributed by atoms with E-state index in [-0.39, 0.29) is 11.8 Å². The lowest BCUT2D eigenvalue weighted by atomic mass is 9.91. The molecule has 1 amide bonds. The van der Waals surface area contributed by atoms with Crippen molar-refractivity contribution in [2.75, 3.05) is 23.9 Å². The summed E-state index contributed by atoms with van der Waals surface area (Å²) in [5, 5.41) is 12.4. The molecule has 1 aliphatic heterocycles. The Morgan fingerprint density at radius 2 is 2.00 bits per heavy atom. The third-order valence-electron chi connectivity index (χ3n) is 4.69. The van der Waals surface area contributed by atoms with Crippen molar-refractivity contribution in [1.29, 1.82) is 5.26 Å².